The van der Waals surface area contributed by atoms with Crippen molar-refractivity contribution in [3.63, 3.8) is 0 Å². The summed E-state index contributed by atoms with van der Waals surface area (Å²) in [5.74, 6) is 2.09. The van der Waals surface area contributed by atoms with E-state index in [1.165, 1.54) is 11.1 Å². The highest BCUT2D eigenvalue weighted by molar-refractivity contribution is 7.98. The number of aromatic nitrogens is 2. The van der Waals surface area contributed by atoms with Crippen LogP contribution >= 0.6 is 11.8 Å². The molecule has 0 unspecified atom stereocenters. The number of ether oxygens (including phenoxy) is 1. The molecule has 22 heavy (non-hydrogen) atoms. The third-order valence-electron chi connectivity index (χ3n) is 3.34. The first-order valence-electron chi connectivity index (χ1n) is 6.91. The molecule has 0 aliphatic rings. The topological polar surface area (TPSA) is 48.2 Å². The lowest BCUT2D eigenvalue weighted by molar-refractivity contribution is 0.414. The van der Waals surface area contributed by atoms with Crippen LogP contribution in [0, 0.1) is 6.92 Å². The van der Waals surface area contributed by atoms with Gasteiger partial charge in [0.25, 0.3) is 5.22 Å². The Morgan fingerprint density at radius 3 is 2.77 bits per heavy atom. The molecule has 3 aromatic rings. The lowest BCUT2D eigenvalue weighted by Gasteiger charge is -2.02. The van der Waals surface area contributed by atoms with Crippen molar-refractivity contribution in [3.05, 3.63) is 59.7 Å². The van der Waals surface area contributed by atoms with Gasteiger partial charge in [-0.05, 0) is 36.2 Å². The molecule has 2 aromatic carbocycles. The number of hydrogen-bond acceptors (Lipinski definition) is 5. The second-order valence-electron chi connectivity index (χ2n) is 4.82. The van der Waals surface area contributed by atoms with E-state index in [9.17, 15) is 0 Å². The van der Waals surface area contributed by atoms with E-state index in [1.807, 2.05) is 36.4 Å². The maximum Gasteiger partial charge on any atom is 0.277 e. The molecule has 0 radical (unpaired) electrons. The maximum atomic E-state index is 5.72. The number of rotatable bonds is 5. The summed E-state index contributed by atoms with van der Waals surface area (Å²) < 4.78 is 10.9. The molecule has 0 aliphatic heterocycles. The fourth-order valence-corrected chi connectivity index (χ4v) is 2.89. The molecule has 5 heteroatoms. The molecule has 1 heterocycles. The van der Waals surface area contributed by atoms with Crippen LogP contribution in [0.1, 0.15) is 11.1 Å². The summed E-state index contributed by atoms with van der Waals surface area (Å²) in [6.07, 6.45) is 0. The molecule has 4 nitrogen and oxygen atoms in total. The molecule has 0 saturated carbocycles. The van der Waals surface area contributed by atoms with Crippen molar-refractivity contribution in [1.82, 2.24) is 10.2 Å². The highest BCUT2D eigenvalue weighted by Crippen LogP contribution is 2.28. The first-order chi connectivity index (χ1) is 10.8. The van der Waals surface area contributed by atoms with Gasteiger partial charge in [-0.2, -0.15) is 0 Å². The predicted octanol–water partition coefficient (Wildman–Crippen LogP) is 4.35. The Hall–Kier alpha value is -2.27. The first-order valence-corrected chi connectivity index (χ1v) is 7.90. The fourth-order valence-electron chi connectivity index (χ4n) is 2.05. The Kier molecular flexibility index (Phi) is 4.44. The molecule has 112 valence electrons. The van der Waals surface area contributed by atoms with Gasteiger partial charge in [0, 0.05) is 11.3 Å². The average Bonchev–Trinajstić information content (AvgIpc) is 3.03. The van der Waals surface area contributed by atoms with E-state index in [0.717, 1.165) is 17.1 Å². The third kappa shape index (κ3) is 3.31. The van der Waals surface area contributed by atoms with E-state index >= 15 is 0 Å². The van der Waals surface area contributed by atoms with Gasteiger partial charge in [0.15, 0.2) is 0 Å². The zero-order chi connectivity index (χ0) is 15.4. The Bertz CT molecular complexity index is 771. The van der Waals surface area contributed by atoms with Crippen LogP contribution < -0.4 is 4.74 Å². The summed E-state index contributed by atoms with van der Waals surface area (Å²) in [6.45, 7) is 2.10. The summed E-state index contributed by atoms with van der Waals surface area (Å²) in [4.78, 5) is 0. The lowest BCUT2D eigenvalue weighted by Crippen LogP contribution is -1.85. The Balaban J connectivity index is 1.72. The predicted molar refractivity (Wildman–Crippen MR) is 87.0 cm³/mol. The number of methoxy groups -OCH3 is 1. The van der Waals surface area contributed by atoms with Gasteiger partial charge in [-0.15, -0.1) is 10.2 Å². The van der Waals surface area contributed by atoms with Crippen LogP contribution in [0.2, 0.25) is 0 Å². The monoisotopic (exact) mass is 312 g/mol. The van der Waals surface area contributed by atoms with E-state index in [0.29, 0.717) is 11.1 Å². The molecular formula is C17H16N2O2S. The van der Waals surface area contributed by atoms with Gasteiger partial charge in [0.2, 0.25) is 5.89 Å². The van der Waals surface area contributed by atoms with Gasteiger partial charge in [-0.1, -0.05) is 42.1 Å². The molecule has 0 aliphatic carbocycles. The van der Waals surface area contributed by atoms with Gasteiger partial charge < -0.3 is 9.15 Å². The number of thioether (sulfide) groups is 1. The summed E-state index contributed by atoms with van der Waals surface area (Å²) in [5.41, 5.74) is 3.39. The molecule has 0 atom stereocenters. The van der Waals surface area contributed by atoms with E-state index in [4.69, 9.17) is 9.15 Å². The minimum absolute atomic E-state index is 0.506. The van der Waals surface area contributed by atoms with Crippen molar-refractivity contribution in [2.75, 3.05) is 7.11 Å². The summed E-state index contributed by atoms with van der Waals surface area (Å²) >= 11 is 1.54. The Labute approximate surface area is 133 Å². The second-order valence-corrected chi connectivity index (χ2v) is 5.75. The van der Waals surface area contributed by atoms with Gasteiger partial charge in [0.05, 0.1) is 7.11 Å². The molecule has 0 fully saturated rings. The largest absolute Gasteiger partial charge is 0.497 e. The Morgan fingerprint density at radius 1 is 1.09 bits per heavy atom. The first kappa shape index (κ1) is 14.7. The van der Waals surface area contributed by atoms with Crippen molar-refractivity contribution in [2.45, 2.75) is 17.9 Å². The van der Waals surface area contributed by atoms with Crippen LogP contribution in [0.3, 0.4) is 0 Å². The summed E-state index contributed by atoms with van der Waals surface area (Å²) in [6, 6.07) is 15.9. The minimum atomic E-state index is 0.506. The summed E-state index contributed by atoms with van der Waals surface area (Å²) in [7, 11) is 1.64. The van der Waals surface area contributed by atoms with Crippen molar-refractivity contribution >= 4 is 11.8 Å². The summed E-state index contributed by atoms with van der Waals surface area (Å²) in [5, 5.41) is 8.77. The smallest absolute Gasteiger partial charge is 0.277 e. The highest BCUT2D eigenvalue weighted by atomic mass is 32.2. The van der Waals surface area contributed by atoms with Crippen LogP contribution in [-0.2, 0) is 5.75 Å². The number of aryl methyl sites for hydroxylation is 1. The van der Waals surface area contributed by atoms with Crippen LogP contribution in [0.5, 0.6) is 5.75 Å². The quantitative estimate of drug-likeness (QED) is 0.656. The third-order valence-corrected chi connectivity index (χ3v) is 4.20. The lowest BCUT2D eigenvalue weighted by atomic mass is 10.1. The molecule has 3 rings (SSSR count). The zero-order valence-corrected chi connectivity index (χ0v) is 13.3. The standard InChI is InChI=1S/C17H16N2O2S/c1-12-6-3-4-7-14(12)11-22-17-19-18-16(21-17)13-8-5-9-15(10-13)20-2/h3-10H,11H2,1-2H3. The Morgan fingerprint density at radius 2 is 1.95 bits per heavy atom. The highest BCUT2D eigenvalue weighted by Gasteiger charge is 2.10. The van der Waals surface area contributed by atoms with E-state index in [-0.39, 0.29) is 0 Å². The molecule has 0 bridgehead atoms. The molecule has 0 saturated heterocycles. The number of hydrogen-bond donors (Lipinski definition) is 0. The van der Waals surface area contributed by atoms with Gasteiger partial charge in [-0.3, -0.25) is 0 Å². The SMILES string of the molecule is COc1cccc(-c2nnc(SCc3ccccc3C)o2)c1. The van der Waals surface area contributed by atoms with E-state index < -0.39 is 0 Å². The van der Waals surface area contributed by atoms with Crippen LogP contribution in [-0.4, -0.2) is 17.3 Å². The second kappa shape index (κ2) is 6.66. The normalized spacial score (nSPS) is 10.6. The number of nitrogens with zero attached hydrogens (tertiary/aromatic N) is 2. The fraction of sp³-hybridized carbons (Fsp3) is 0.176. The zero-order valence-electron chi connectivity index (χ0n) is 12.4. The van der Waals surface area contributed by atoms with Crippen molar-refractivity contribution in [2.24, 2.45) is 0 Å². The van der Waals surface area contributed by atoms with Gasteiger partial charge in [0.1, 0.15) is 5.75 Å². The molecule has 0 spiro atoms. The van der Waals surface area contributed by atoms with Crippen LogP contribution in [0.25, 0.3) is 11.5 Å². The number of benzene rings is 2. The molecule has 0 N–H and O–H groups in total. The van der Waals surface area contributed by atoms with Crippen molar-refractivity contribution in [3.8, 4) is 17.2 Å². The van der Waals surface area contributed by atoms with Gasteiger partial charge in [-0.25, -0.2) is 0 Å². The molecule has 0 amide bonds. The average molecular weight is 312 g/mol. The van der Waals surface area contributed by atoms with E-state index in [2.05, 4.69) is 29.3 Å². The minimum Gasteiger partial charge on any atom is -0.497 e. The van der Waals surface area contributed by atoms with Crippen LogP contribution in [0.4, 0.5) is 0 Å². The van der Waals surface area contributed by atoms with Gasteiger partial charge >= 0.3 is 0 Å². The maximum absolute atomic E-state index is 5.72. The molecular weight excluding hydrogens is 296 g/mol. The molecule has 1 aromatic heterocycles. The van der Waals surface area contributed by atoms with E-state index in [1.54, 1.807) is 18.9 Å². The van der Waals surface area contributed by atoms with Crippen molar-refractivity contribution < 1.29 is 9.15 Å². The van der Waals surface area contributed by atoms with Crippen molar-refractivity contribution in [1.29, 1.82) is 0 Å². The van der Waals surface area contributed by atoms with Crippen LogP contribution in [0.15, 0.2) is 58.2 Å².